The highest BCUT2D eigenvalue weighted by molar-refractivity contribution is 6.30. The van der Waals surface area contributed by atoms with Crippen LogP contribution < -0.4 is 4.90 Å². The second-order valence-corrected chi connectivity index (χ2v) is 7.57. The van der Waals surface area contributed by atoms with Crippen LogP contribution in [0.15, 0.2) is 53.7 Å². The van der Waals surface area contributed by atoms with Gasteiger partial charge in [-0.1, -0.05) is 28.9 Å². The summed E-state index contributed by atoms with van der Waals surface area (Å²) in [6, 6.07) is 14.3. The maximum atomic E-state index is 12.2. The monoisotopic (exact) mass is 384 g/mol. The Hall–Kier alpha value is -2.66. The largest absolute Gasteiger partial charge is 0.391 e. The topological polar surface area (TPSA) is 59.0 Å². The number of amides is 1. The van der Waals surface area contributed by atoms with Crippen LogP contribution in [0.1, 0.15) is 36.2 Å². The zero-order valence-corrected chi connectivity index (χ0v) is 16.1. The first-order valence-corrected chi connectivity index (χ1v) is 9.08. The van der Waals surface area contributed by atoms with Gasteiger partial charge in [0.1, 0.15) is 6.61 Å². The molecule has 0 unspecified atom stereocenters. The van der Waals surface area contributed by atoms with Gasteiger partial charge >= 0.3 is 0 Å². The van der Waals surface area contributed by atoms with Crippen molar-refractivity contribution in [2.45, 2.75) is 26.9 Å². The molecule has 1 aliphatic heterocycles. The van der Waals surface area contributed by atoms with E-state index in [4.69, 9.17) is 16.4 Å². The van der Waals surface area contributed by atoms with Crippen molar-refractivity contribution in [1.29, 1.82) is 0 Å². The van der Waals surface area contributed by atoms with Crippen LogP contribution >= 0.6 is 11.6 Å². The van der Waals surface area contributed by atoms with Crippen LogP contribution in [0.5, 0.6) is 0 Å². The van der Waals surface area contributed by atoms with E-state index in [0.717, 1.165) is 11.3 Å². The van der Waals surface area contributed by atoms with Crippen LogP contribution in [0.4, 0.5) is 5.69 Å². The molecule has 0 aliphatic carbocycles. The Balaban J connectivity index is 1.47. The lowest BCUT2D eigenvalue weighted by molar-refractivity contribution is -0.132. The third kappa shape index (κ3) is 4.55. The SMILES string of the molecule is CC1(C)CN(c2ccc(C(=O)CC=NOCc3ccc(Cl)cc3)cc2)C1=O. The smallest absolute Gasteiger partial charge is 0.234 e. The molecule has 0 bridgehead atoms. The molecule has 3 rings (SSSR count). The van der Waals surface area contributed by atoms with Crippen molar-refractivity contribution < 1.29 is 14.4 Å². The van der Waals surface area contributed by atoms with Crippen molar-refractivity contribution >= 4 is 35.2 Å². The van der Waals surface area contributed by atoms with Crippen LogP contribution in [-0.4, -0.2) is 24.4 Å². The van der Waals surface area contributed by atoms with Gasteiger partial charge in [0.25, 0.3) is 0 Å². The van der Waals surface area contributed by atoms with Crippen molar-refractivity contribution in [2.24, 2.45) is 10.6 Å². The van der Waals surface area contributed by atoms with Gasteiger partial charge in [0.2, 0.25) is 5.91 Å². The van der Waals surface area contributed by atoms with E-state index < -0.39 is 0 Å². The Labute approximate surface area is 163 Å². The molecule has 6 heteroatoms. The predicted octanol–water partition coefficient (Wildman–Crippen LogP) is 4.49. The van der Waals surface area contributed by atoms with E-state index in [0.29, 0.717) is 23.7 Å². The molecule has 0 spiro atoms. The molecule has 1 heterocycles. The van der Waals surface area contributed by atoms with Crippen LogP contribution in [-0.2, 0) is 16.2 Å². The maximum Gasteiger partial charge on any atom is 0.234 e. The van der Waals surface area contributed by atoms with E-state index in [2.05, 4.69) is 5.16 Å². The summed E-state index contributed by atoms with van der Waals surface area (Å²) in [4.78, 5) is 31.2. The van der Waals surface area contributed by atoms with Gasteiger partial charge in [-0.2, -0.15) is 0 Å². The lowest BCUT2D eigenvalue weighted by Crippen LogP contribution is -2.58. The molecular formula is C21H21ClN2O3. The summed E-state index contributed by atoms with van der Waals surface area (Å²) in [5.74, 6) is 0.0437. The zero-order valence-electron chi connectivity index (χ0n) is 15.3. The van der Waals surface area contributed by atoms with Crippen molar-refractivity contribution in [2.75, 3.05) is 11.4 Å². The van der Waals surface area contributed by atoms with Gasteiger partial charge in [0.05, 0.1) is 11.6 Å². The zero-order chi connectivity index (χ0) is 19.4. The van der Waals surface area contributed by atoms with Crippen molar-refractivity contribution in [3.8, 4) is 0 Å². The second-order valence-electron chi connectivity index (χ2n) is 7.14. The average molecular weight is 385 g/mol. The molecule has 0 saturated carbocycles. The van der Waals surface area contributed by atoms with Gasteiger partial charge in [-0.25, -0.2) is 0 Å². The Morgan fingerprint density at radius 1 is 1.19 bits per heavy atom. The van der Waals surface area contributed by atoms with E-state index >= 15 is 0 Å². The van der Waals surface area contributed by atoms with E-state index in [1.54, 1.807) is 41.3 Å². The van der Waals surface area contributed by atoms with Gasteiger partial charge in [-0.15, -0.1) is 0 Å². The number of rotatable bonds is 7. The number of carbonyl (C=O) groups is 2. The Morgan fingerprint density at radius 2 is 1.85 bits per heavy atom. The number of benzene rings is 2. The number of β-lactam (4-membered cyclic amide) rings is 1. The highest BCUT2D eigenvalue weighted by Gasteiger charge is 2.44. The third-order valence-corrected chi connectivity index (χ3v) is 4.70. The summed E-state index contributed by atoms with van der Waals surface area (Å²) in [7, 11) is 0. The fourth-order valence-corrected chi connectivity index (χ4v) is 2.95. The molecule has 1 saturated heterocycles. The molecule has 0 aromatic heterocycles. The molecule has 1 aliphatic rings. The maximum absolute atomic E-state index is 12.2. The Kier molecular flexibility index (Phi) is 5.61. The van der Waals surface area contributed by atoms with Gasteiger partial charge in [-0.3, -0.25) is 9.59 Å². The van der Waals surface area contributed by atoms with E-state index in [-0.39, 0.29) is 23.5 Å². The number of hydrogen-bond acceptors (Lipinski definition) is 4. The third-order valence-electron chi connectivity index (χ3n) is 4.45. The first kappa shape index (κ1) is 19.1. The molecule has 1 amide bonds. The number of anilines is 1. The summed E-state index contributed by atoms with van der Waals surface area (Å²) in [5.41, 5.74) is 2.05. The van der Waals surface area contributed by atoms with E-state index in [1.807, 2.05) is 26.0 Å². The summed E-state index contributed by atoms with van der Waals surface area (Å²) in [5, 5.41) is 4.48. The lowest BCUT2D eigenvalue weighted by Gasteiger charge is -2.44. The Morgan fingerprint density at radius 3 is 2.44 bits per heavy atom. The summed E-state index contributed by atoms with van der Waals surface area (Å²) in [6.45, 7) is 4.86. The lowest BCUT2D eigenvalue weighted by atomic mass is 9.82. The number of oxime groups is 1. The molecular weight excluding hydrogens is 364 g/mol. The number of halogens is 1. The van der Waals surface area contributed by atoms with E-state index in [1.165, 1.54) is 6.21 Å². The molecule has 140 valence electrons. The van der Waals surface area contributed by atoms with Gasteiger partial charge in [0.15, 0.2) is 5.78 Å². The highest BCUT2D eigenvalue weighted by atomic mass is 35.5. The van der Waals surface area contributed by atoms with Gasteiger partial charge < -0.3 is 9.74 Å². The number of Topliss-reactive ketones (excluding diaryl/α,β-unsaturated/α-hetero) is 1. The minimum atomic E-state index is -0.295. The average Bonchev–Trinajstić information content (AvgIpc) is 2.67. The van der Waals surface area contributed by atoms with Crippen molar-refractivity contribution in [1.82, 2.24) is 0 Å². The normalized spacial score (nSPS) is 15.7. The summed E-state index contributed by atoms with van der Waals surface area (Å²) < 4.78 is 0. The molecule has 1 fully saturated rings. The van der Waals surface area contributed by atoms with Crippen molar-refractivity contribution in [3.63, 3.8) is 0 Å². The van der Waals surface area contributed by atoms with Crippen LogP contribution in [0, 0.1) is 5.41 Å². The summed E-state index contributed by atoms with van der Waals surface area (Å²) in [6.07, 6.45) is 1.60. The fourth-order valence-electron chi connectivity index (χ4n) is 2.83. The molecule has 27 heavy (non-hydrogen) atoms. The second kappa shape index (κ2) is 7.92. The first-order chi connectivity index (χ1) is 12.9. The molecule has 0 radical (unpaired) electrons. The summed E-state index contributed by atoms with van der Waals surface area (Å²) >= 11 is 5.82. The molecule has 0 atom stereocenters. The fraction of sp³-hybridized carbons (Fsp3) is 0.286. The predicted molar refractivity (Wildman–Crippen MR) is 106 cm³/mol. The number of hydrogen-bond donors (Lipinski definition) is 0. The van der Waals surface area contributed by atoms with Crippen LogP contribution in [0.25, 0.3) is 0 Å². The van der Waals surface area contributed by atoms with E-state index in [9.17, 15) is 9.59 Å². The Bertz CT molecular complexity index is 858. The minimum absolute atomic E-state index is 0.0596. The van der Waals surface area contributed by atoms with Crippen molar-refractivity contribution in [3.05, 3.63) is 64.7 Å². The van der Waals surface area contributed by atoms with Crippen LogP contribution in [0.3, 0.4) is 0 Å². The highest BCUT2D eigenvalue weighted by Crippen LogP contribution is 2.35. The standard InChI is InChI=1S/C21H21ClN2O3/c1-21(2)14-24(20(21)26)18-9-5-16(6-10-18)19(25)11-12-23-27-13-15-3-7-17(22)8-4-15/h3-10,12H,11,13-14H2,1-2H3. The van der Waals surface area contributed by atoms with Gasteiger partial charge in [0, 0.05) is 29.2 Å². The molecule has 2 aromatic carbocycles. The first-order valence-electron chi connectivity index (χ1n) is 8.70. The molecule has 5 nitrogen and oxygen atoms in total. The van der Waals surface area contributed by atoms with Crippen LogP contribution in [0.2, 0.25) is 5.02 Å². The van der Waals surface area contributed by atoms with Gasteiger partial charge in [-0.05, 0) is 55.8 Å². The number of nitrogens with zero attached hydrogens (tertiary/aromatic N) is 2. The molecule has 0 N–H and O–H groups in total. The minimum Gasteiger partial charge on any atom is -0.391 e. The quantitative estimate of drug-likeness (QED) is 0.306. The number of carbonyl (C=O) groups excluding carboxylic acids is 2. The molecule has 2 aromatic rings. The number of ketones is 1.